The third-order valence-electron chi connectivity index (χ3n) is 2.97. The molecule has 1 N–H and O–H groups in total. The third kappa shape index (κ3) is 3.73. The van der Waals surface area contributed by atoms with Gasteiger partial charge in [0, 0.05) is 17.1 Å². The van der Waals surface area contributed by atoms with E-state index in [1.165, 1.54) is 16.9 Å². The van der Waals surface area contributed by atoms with Gasteiger partial charge in [-0.15, -0.1) is 0 Å². The Balaban J connectivity index is 2.39. The quantitative estimate of drug-likeness (QED) is 0.782. The number of benzene rings is 1. The molecular weight excluding hydrogens is 319 g/mol. The van der Waals surface area contributed by atoms with Crippen molar-refractivity contribution in [2.24, 2.45) is 0 Å². The fourth-order valence-electron chi connectivity index (χ4n) is 2.01. The second-order valence-electron chi connectivity index (χ2n) is 4.54. The lowest BCUT2D eigenvalue weighted by Crippen LogP contribution is -2.15. The maximum Gasteiger partial charge on any atom is 0.280 e. The van der Waals surface area contributed by atoms with Crippen LogP contribution in [0.2, 0.25) is 10.0 Å². The van der Waals surface area contributed by atoms with Gasteiger partial charge in [0.25, 0.3) is 6.43 Å². The first kappa shape index (κ1) is 16.2. The zero-order valence-corrected chi connectivity index (χ0v) is 12.9. The van der Waals surface area contributed by atoms with Crippen LogP contribution in [-0.2, 0) is 6.54 Å². The molecule has 21 heavy (non-hydrogen) atoms. The van der Waals surface area contributed by atoms with E-state index in [1.54, 1.807) is 12.1 Å². The van der Waals surface area contributed by atoms with Crippen molar-refractivity contribution < 1.29 is 8.78 Å². The molecule has 0 unspecified atom stereocenters. The Bertz CT molecular complexity index is 614. The van der Waals surface area contributed by atoms with Crippen LogP contribution in [0.1, 0.15) is 31.0 Å². The van der Waals surface area contributed by atoms with Gasteiger partial charge < -0.3 is 5.32 Å². The van der Waals surface area contributed by atoms with E-state index in [1.807, 2.05) is 6.92 Å². The molecule has 0 fully saturated rings. The molecule has 0 atom stereocenters. The van der Waals surface area contributed by atoms with Gasteiger partial charge in [0.05, 0.1) is 16.9 Å². The molecule has 0 saturated heterocycles. The Labute approximate surface area is 131 Å². The maximum atomic E-state index is 13.4. The van der Waals surface area contributed by atoms with Crippen LogP contribution in [0, 0.1) is 0 Å². The topological polar surface area (TPSA) is 29.9 Å². The molecule has 0 bridgehead atoms. The molecule has 0 aliphatic heterocycles. The summed E-state index contributed by atoms with van der Waals surface area (Å²) in [5, 5.41) is 7.86. The summed E-state index contributed by atoms with van der Waals surface area (Å²) < 4.78 is 27.9. The van der Waals surface area contributed by atoms with Crippen LogP contribution >= 0.6 is 23.2 Å². The lowest BCUT2D eigenvalue weighted by Gasteiger charge is -2.11. The molecule has 0 aliphatic carbocycles. The Hall–Kier alpha value is -1.17. The van der Waals surface area contributed by atoms with Gasteiger partial charge in [-0.05, 0) is 31.2 Å². The minimum atomic E-state index is -2.64. The zero-order chi connectivity index (χ0) is 15.4. The van der Waals surface area contributed by atoms with E-state index in [9.17, 15) is 8.78 Å². The molecule has 1 aromatic heterocycles. The summed E-state index contributed by atoms with van der Waals surface area (Å²) in [7, 11) is 0. The minimum Gasteiger partial charge on any atom is -0.313 e. The summed E-state index contributed by atoms with van der Waals surface area (Å²) in [4.78, 5) is 0. The normalized spacial score (nSPS) is 11.3. The minimum absolute atomic E-state index is 0.150. The van der Waals surface area contributed by atoms with E-state index in [0.29, 0.717) is 22.8 Å². The van der Waals surface area contributed by atoms with Crippen molar-refractivity contribution >= 4 is 23.2 Å². The van der Waals surface area contributed by atoms with Gasteiger partial charge in [-0.2, -0.15) is 5.10 Å². The van der Waals surface area contributed by atoms with E-state index in [2.05, 4.69) is 10.4 Å². The van der Waals surface area contributed by atoms with Gasteiger partial charge in [0.15, 0.2) is 0 Å². The van der Waals surface area contributed by atoms with Crippen LogP contribution in [-0.4, -0.2) is 16.3 Å². The molecule has 3 nitrogen and oxygen atoms in total. The molecule has 0 saturated carbocycles. The van der Waals surface area contributed by atoms with Crippen molar-refractivity contribution in [3.05, 3.63) is 45.7 Å². The molecule has 0 radical (unpaired) electrons. The molecule has 2 aromatic rings. The van der Waals surface area contributed by atoms with Crippen molar-refractivity contribution in [3.63, 3.8) is 0 Å². The summed E-state index contributed by atoms with van der Waals surface area (Å²) in [5.41, 5.74) is 0.699. The van der Waals surface area contributed by atoms with E-state index in [-0.39, 0.29) is 10.7 Å². The van der Waals surface area contributed by atoms with E-state index in [0.717, 1.165) is 13.0 Å². The summed E-state index contributed by atoms with van der Waals surface area (Å²) in [5.74, 6) is 0. The maximum absolute atomic E-state index is 13.4. The fourth-order valence-corrected chi connectivity index (χ4v) is 2.49. The lowest BCUT2D eigenvalue weighted by molar-refractivity contribution is 0.141. The van der Waals surface area contributed by atoms with Crippen LogP contribution in [0.25, 0.3) is 5.69 Å². The average Bonchev–Trinajstić information content (AvgIpc) is 2.83. The van der Waals surface area contributed by atoms with Crippen LogP contribution in [0.5, 0.6) is 0 Å². The van der Waals surface area contributed by atoms with Crippen LogP contribution in [0.4, 0.5) is 8.78 Å². The van der Waals surface area contributed by atoms with Gasteiger partial charge in [0.2, 0.25) is 0 Å². The predicted molar refractivity (Wildman–Crippen MR) is 80.5 cm³/mol. The molecule has 114 valence electrons. The molecular formula is C14H15Cl2F2N3. The molecule has 1 heterocycles. The molecule has 0 aliphatic rings. The van der Waals surface area contributed by atoms with Crippen molar-refractivity contribution in [1.82, 2.24) is 15.1 Å². The van der Waals surface area contributed by atoms with Crippen molar-refractivity contribution in [2.45, 2.75) is 26.3 Å². The van der Waals surface area contributed by atoms with Crippen molar-refractivity contribution in [3.8, 4) is 5.69 Å². The summed E-state index contributed by atoms with van der Waals surface area (Å²) in [6.45, 7) is 3.12. The SMILES string of the molecule is CCCNCc1cnn(-c2ccc(Cl)cc2Cl)c1C(F)F. The predicted octanol–water partition coefficient (Wildman–Crippen LogP) is 4.62. The number of alkyl halides is 2. The number of rotatable bonds is 6. The molecule has 0 amide bonds. The second-order valence-corrected chi connectivity index (χ2v) is 5.38. The smallest absolute Gasteiger partial charge is 0.280 e. The zero-order valence-electron chi connectivity index (χ0n) is 11.4. The highest BCUT2D eigenvalue weighted by molar-refractivity contribution is 6.35. The lowest BCUT2D eigenvalue weighted by atomic mass is 10.2. The number of aromatic nitrogens is 2. The van der Waals surface area contributed by atoms with Gasteiger partial charge in [-0.3, -0.25) is 0 Å². The van der Waals surface area contributed by atoms with E-state index < -0.39 is 6.43 Å². The van der Waals surface area contributed by atoms with E-state index in [4.69, 9.17) is 23.2 Å². The number of nitrogens with zero attached hydrogens (tertiary/aromatic N) is 2. The Morgan fingerprint density at radius 2 is 2.10 bits per heavy atom. The Morgan fingerprint density at radius 1 is 1.33 bits per heavy atom. The highest BCUT2D eigenvalue weighted by Crippen LogP contribution is 2.30. The molecule has 7 heteroatoms. The van der Waals surface area contributed by atoms with Crippen LogP contribution in [0.15, 0.2) is 24.4 Å². The Kier molecular flexibility index (Phi) is 5.56. The Morgan fingerprint density at radius 3 is 2.71 bits per heavy atom. The van der Waals surface area contributed by atoms with Gasteiger partial charge in [-0.25, -0.2) is 13.5 Å². The third-order valence-corrected chi connectivity index (χ3v) is 3.51. The number of hydrogen-bond donors (Lipinski definition) is 1. The average molecular weight is 334 g/mol. The molecule has 0 spiro atoms. The van der Waals surface area contributed by atoms with E-state index >= 15 is 0 Å². The van der Waals surface area contributed by atoms with Gasteiger partial charge in [0.1, 0.15) is 5.69 Å². The highest BCUT2D eigenvalue weighted by atomic mass is 35.5. The monoisotopic (exact) mass is 333 g/mol. The summed E-state index contributed by atoms with van der Waals surface area (Å²) in [6, 6.07) is 4.67. The number of halogens is 4. The first-order valence-corrected chi connectivity index (χ1v) is 7.31. The fraction of sp³-hybridized carbons (Fsp3) is 0.357. The summed E-state index contributed by atoms with van der Waals surface area (Å²) in [6.07, 6.45) is -0.270. The highest BCUT2D eigenvalue weighted by Gasteiger charge is 2.21. The first-order valence-electron chi connectivity index (χ1n) is 6.55. The number of hydrogen-bond acceptors (Lipinski definition) is 2. The van der Waals surface area contributed by atoms with Crippen LogP contribution in [0.3, 0.4) is 0 Å². The van der Waals surface area contributed by atoms with Crippen molar-refractivity contribution in [2.75, 3.05) is 6.54 Å². The van der Waals surface area contributed by atoms with Crippen molar-refractivity contribution in [1.29, 1.82) is 0 Å². The first-order chi connectivity index (χ1) is 10.0. The standard InChI is InChI=1S/C14H15Cl2F2N3/c1-2-5-19-7-9-8-20-21(13(9)14(17)18)12-4-3-10(15)6-11(12)16/h3-4,6,8,14,19H,2,5,7H2,1H3. The summed E-state index contributed by atoms with van der Waals surface area (Å²) >= 11 is 11.9. The largest absolute Gasteiger partial charge is 0.313 e. The van der Waals surface area contributed by atoms with Gasteiger partial charge >= 0.3 is 0 Å². The molecule has 1 aromatic carbocycles. The molecule has 2 rings (SSSR count). The second kappa shape index (κ2) is 7.20. The van der Waals surface area contributed by atoms with Crippen LogP contribution < -0.4 is 5.32 Å². The number of nitrogens with one attached hydrogen (secondary N) is 1. The van der Waals surface area contributed by atoms with Gasteiger partial charge in [-0.1, -0.05) is 30.1 Å².